The molecular formula is C16H17N3O5S2. The van der Waals surface area contributed by atoms with Gasteiger partial charge in [-0.25, -0.2) is 13.4 Å². The van der Waals surface area contributed by atoms with Crippen molar-refractivity contribution in [2.24, 2.45) is 0 Å². The largest absolute Gasteiger partial charge is 0.497 e. The third kappa shape index (κ3) is 3.13. The Hall–Kier alpha value is -2.59. The molecule has 0 aliphatic carbocycles. The highest BCUT2D eigenvalue weighted by atomic mass is 32.2. The Morgan fingerprint density at radius 3 is 2.31 bits per heavy atom. The van der Waals surface area contributed by atoms with Gasteiger partial charge in [-0.15, -0.1) is 11.3 Å². The van der Waals surface area contributed by atoms with E-state index in [0.717, 1.165) is 0 Å². The Labute approximate surface area is 154 Å². The number of hydrogen-bond acceptors (Lipinski definition) is 7. The molecule has 26 heavy (non-hydrogen) atoms. The molecule has 2 aromatic heterocycles. The van der Waals surface area contributed by atoms with Crippen LogP contribution >= 0.6 is 11.3 Å². The molecule has 0 aliphatic rings. The van der Waals surface area contributed by atoms with Crippen LogP contribution in [0.15, 0.2) is 33.3 Å². The molecule has 8 nitrogen and oxygen atoms in total. The number of ether oxygens (including phenoxy) is 2. The normalized spacial score (nSPS) is 11.5. The fourth-order valence-corrected chi connectivity index (χ4v) is 4.74. The van der Waals surface area contributed by atoms with Gasteiger partial charge in [0, 0.05) is 29.3 Å². The van der Waals surface area contributed by atoms with Crippen LogP contribution in [0.1, 0.15) is 11.4 Å². The van der Waals surface area contributed by atoms with Gasteiger partial charge in [0.05, 0.1) is 25.6 Å². The van der Waals surface area contributed by atoms with Crippen molar-refractivity contribution in [1.29, 1.82) is 0 Å². The van der Waals surface area contributed by atoms with Crippen LogP contribution in [-0.2, 0) is 10.0 Å². The minimum Gasteiger partial charge on any atom is -0.497 e. The number of thiazole rings is 1. The maximum Gasteiger partial charge on any atom is 0.279 e. The van der Waals surface area contributed by atoms with Crippen molar-refractivity contribution < 1.29 is 17.9 Å². The fourth-order valence-electron chi connectivity index (χ4n) is 2.55. The Kier molecular flexibility index (Phi) is 4.63. The molecule has 0 bridgehead atoms. The van der Waals surface area contributed by atoms with Gasteiger partial charge in [0.2, 0.25) is 0 Å². The molecule has 0 saturated carbocycles. The second kappa shape index (κ2) is 6.61. The summed E-state index contributed by atoms with van der Waals surface area (Å²) in [5.41, 5.74) is 0.349. The third-order valence-corrected chi connectivity index (χ3v) is 6.20. The molecule has 3 aromatic rings. The van der Waals surface area contributed by atoms with Gasteiger partial charge in [-0.05, 0) is 13.8 Å². The summed E-state index contributed by atoms with van der Waals surface area (Å²) in [4.78, 5) is 17.1. The van der Waals surface area contributed by atoms with Gasteiger partial charge in [0.25, 0.3) is 15.6 Å². The van der Waals surface area contributed by atoms with Crippen molar-refractivity contribution in [3.8, 4) is 11.5 Å². The maximum absolute atomic E-state index is 12.9. The summed E-state index contributed by atoms with van der Waals surface area (Å²) in [6.45, 7) is 3.22. The Morgan fingerprint density at radius 2 is 1.73 bits per heavy atom. The quantitative estimate of drug-likeness (QED) is 0.711. The van der Waals surface area contributed by atoms with Crippen molar-refractivity contribution in [1.82, 2.24) is 9.38 Å². The number of rotatable bonds is 5. The van der Waals surface area contributed by atoms with E-state index in [0.29, 0.717) is 22.2 Å². The standard InChI is InChI=1S/C16H17N3O5S2/c1-9-8-25-16-17-10(2)14(15(20)19(9)16)26(21,22)18-11-5-12(23-3)7-13(6-11)24-4/h5-8,18H,1-4H3. The lowest BCUT2D eigenvalue weighted by Crippen LogP contribution is -2.28. The SMILES string of the molecule is COc1cc(NS(=O)(=O)c2c(C)nc3scc(C)n3c2=O)cc(OC)c1. The number of nitrogens with zero attached hydrogens (tertiary/aromatic N) is 2. The second-order valence-electron chi connectivity index (χ2n) is 5.53. The van der Waals surface area contributed by atoms with Crippen molar-refractivity contribution in [3.63, 3.8) is 0 Å². The minimum absolute atomic E-state index is 0.138. The molecule has 138 valence electrons. The van der Waals surface area contributed by atoms with Crippen LogP contribution in [0.2, 0.25) is 0 Å². The van der Waals surface area contributed by atoms with Crippen LogP contribution in [0.3, 0.4) is 0 Å². The average Bonchev–Trinajstić information content (AvgIpc) is 2.94. The molecule has 2 heterocycles. The van der Waals surface area contributed by atoms with Crippen molar-refractivity contribution in [2.45, 2.75) is 18.7 Å². The van der Waals surface area contributed by atoms with E-state index >= 15 is 0 Å². The highest BCUT2D eigenvalue weighted by molar-refractivity contribution is 7.92. The summed E-state index contributed by atoms with van der Waals surface area (Å²) >= 11 is 1.28. The van der Waals surface area contributed by atoms with Crippen LogP contribution < -0.4 is 19.8 Å². The molecule has 1 aromatic carbocycles. The van der Waals surface area contributed by atoms with Gasteiger partial charge < -0.3 is 9.47 Å². The van der Waals surface area contributed by atoms with Crippen molar-refractivity contribution in [2.75, 3.05) is 18.9 Å². The highest BCUT2D eigenvalue weighted by Gasteiger charge is 2.25. The molecular weight excluding hydrogens is 378 g/mol. The molecule has 0 spiro atoms. The molecule has 0 unspecified atom stereocenters. The van der Waals surface area contributed by atoms with Crippen molar-refractivity contribution in [3.05, 3.63) is 45.3 Å². The summed E-state index contributed by atoms with van der Waals surface area (Å²) in [6, 6.07) is 4.60. The van der Waals surface area contributed by atoms with Gasteiger partial charge in [-0.1, -0.05) is 0 Å². The first-order valence-corrected chi connectivity index (χ1v) is 9.86. The van der Waals surface area contributed by atoms with Crippen LogP contribution in [0.4, 0.5) is 5.69 Å². The first-order valence-electron chi connectivity index (χ1n) is 7.50. The van der Waals surface area contributed by atoms with Crippen molar-refractivity contribution >= 4 is 32.0 Å². The summed E-state index contributed by atoms with van der Waals surface area (Å²) in [5.74, 6) is 0.829. The van der Waals surface area contributed by atoms with E-state index in [1.54, 1.807) is 18.4 Å². The predicted octanol–water partition coefficient (Wildman–Crippen LogP) is 2.19. The summed E-state index contributed by atoms with van der Waals surface area (Å²) in [5, 5.41) is 1.75. The average molecular weight is 395 g/mol. The number of aryl methyl sites for hydroxylation is 2. The summed E-state index contributed by atoms with van der Waals surface area (Å²) in [7, 11) is -1.24. The lowest BCUT2D eigenvalue weighted by Gasteiger charge is -2.12. The number of sulfonamides is 1. The smallest absolute Gasteiger partial charge is 0.279 e. The zero-order valence-corrected chi connectivity index (χ0v) is 16.2. The molecule has 0 atom stereocenters. The van der Waals surface area contributed by atoms with E-state index in [4.69, 9.17) is 9.47 Å². The number of nitrogens with one attached hydrogen (secondary N) is 1. The van der Waals surface area contributed by atoms with E-state index in [1.165, 1.54) is 49.0 Å². The number of hydrogen-bond donors (Lipinski definition) is 1. The highest BCUT2D eigenvalue weighted by Crippen LogP contribution is 2.27. The number of anilines is 1. The third-order valence-electron chi connectivity index (χ3n) is 3.74. The van der Waals surface area contributed by atoms with Gasteiger partial charge in [0.15, 0.2) is 9.86 Å². The number of benzene rings is 1. The Bertz CT molecular complexity index is 1130. The number of aromatic nitrogens is 2. The van der Waals surface area contributed by atoms with Crippen LogP contribution in [-0.4, -0.2) is 32.0 Å². The topological polar surface area (TPSA) is 99.0 Å². The summed E-state index contributed by atoms with van der Waals surface area (Å²) in [6.07, 6.45) is 0. The summed E-state index contributed by atoms with van der Waals surface area (Å²) < 4.78 is 39.7. The number of fused-ring (bicyclic) bond motifs is 1. The molecule has 0 amide bonds. The molecule has 0 saturated heterocycles. The molecule has 10 heteroatoms. The van der Waals surface area contributed by atoms with Gasteiger partial charge in [0.1, 0.15) is 11.5 Å². The van der Waals surface area contributed by atoms with E-state index < -0.39 is 20.5 Å². The first-order chi connectivity index (χ1) is 12.3. The van der Waals surface area contributed by atoms with Gasteiger partial charge in [-0.3, -0.25) is 13.9 Å². The molecule has 0 fully saturated rings. The lowest BCUT2D eigenvalue weighted by atomic mass is 10.3. The van der Waals surface area contributed by atoms with E-state index in [9.17, 15) is 13.2 Å². The fraction of sp³-hybridized carbons (Fsp3) is 0.250. The maximum atomic E-state index is 12.9. The Balaban J connectivity index is 2.14. The Morgan fingerprint density at radius 1 is 1.12 bits per heavy atom. The molecule has 1 N–H and O–H groups in total. The zero-order chi connectivity index (χ0) is 19.1. The monoisotopic (exact) mass is 395 g/mol. The zero-order valence-electron chi connectivity index (χ0n) is 14.6. The van der Waals surface area contributed by atoms with Crippen LogP contribution in [0, 0.1) is 13.8 Å². The number of methoxy groups -OCH3 is 2. The van der Waals surface area contributed by atoms with Gasteiger partial charge >= 0.3 is 0 Å². The molecule has 0 radical (unpaired) electrons. The van der Waals surface area contributed by atoms with E-state index in [2.05, 4.69) is 9.71 Å². The first kappa shape index (κ1) is 18.2. The predicted molar refractivity (Wildman–Crippen MR) is 99.2 cm³/mol. The van der Waals surface area contributed by atoms with E-state index in [-0.39, 0.29) is 11.4 Å². The second-order valence-corrected chi connectivity index (χ2v) is 7.99. The van der Waals surface area contributed by atoms with E-state index in [1.807, 2.05) is 0 Å². The molecule has 3 rings (SSSR count). The molecule has 0 aliphatic heterocycles. The van der Waals surface area contributed by atoms with Crippen LogP contribution in [0.25, 0.3) is 4.96 Å². The van der Waals surface area contributed by atoms with Gasteiger partial charge in [-0.2, -0.15) is 0 Å². The minimum atomic E-state index is -4.16. The lowest BCUT2D eigenvalue weighted by molar-refractivity contribution is 0.395. The van der Waals surface area contributed by atoms with Crippen LogP contribution in [0.5, 0.6) is 11.5 Å².